The Bertz CT molecular complexity index is 2960. The molecule has 4 N–H and O–H groups in total. The number of unbranched alkanes of at least 4 members (excludes halogenated alkanes) is 1. The number of quaternary nitrogens is 1. The van der Waals surface area contributed by atoms with Crippen LogP contribution in [0, 0.1) is 5.41 Å². The summed E-state index contributed by atoms with van der Waals surface area (Å²) in [6, 6.07) is 31.9. The topological polar surface area (TPSA) is 263 Å². The molecule has 6 amide bonds. The third-order valence-electron chi connectivity index (χ3n) is 17.8. The fourth-order valence-electron chi connectivity index (χ4n) is 11.8. The number of urea groups is 1. The average molecular weight is 1350 g/mol. The molecule has 3 fully saturated rings. The van der Waals surface area contributed by atoms with E-state index in [1.807, 2.05) is 91.0 Å². The van der Waals surface area contributed by atoms with Crippen molar-refractivity contribution in [3.63, 3.8) is 0 Å². The van der Waals surface area contributed by atoms with E-state index < -0.39 is 29.4 Å². The van der Waals surface area contributed by atoms with Crippen LogP contribution in [-0.4, -0.2) is 201 Å². The maximum atomic E-state index is 13.5. The van der Waals surface area contributed by atoms with Crippen molar-refractivity contribution in [3.05, 3.63) is 131 Å². The number of carboxylic acids is 1. The lowest BCUT2D eigenvalue weighted by Gasteiger charge is -2.44. The second-order valence-corrected chi connectivity index (χ2v) is 26.7. The molecule has 4 aromatic carbocycles. The number of thioether (sulfide) groups is 1. The molecule has 0 unspecified atom stereocenters. The summed E-state index contributed by atoms with van der Waals surface area (Å²) in [5.74, 6) is -0.982. The van der Waals surface area contributed by atoms with E-state index in [-0.39, 0.29) is 98.3 Å². The van der Waals surface area contributed by atoms with Crippen LogP contribution in [0.2, 0.25) is 0 Å². The second kappa shape index (κ2) is 40.6. The molecule has 0 radical (unpaired) electrons. The van der Waals surface area contributed by atoms with Gasteiger partial charge in [0.2, 0.25) is 17.7 Å². The molecule has 7 rings (SSSR count). The standard InChI is InChI=1S/C67H89N5O16S.C6H15N/c1-65(2,3)49-19-17-48(18-20-49)63(79)72-55-45-89-56(62(55)70-64(72)80)15-9-10-16-57(73)68-33-11-37-83-39-41-85-42-40-84-38-12-34-69-58(74)43-86-44-59(75)71-35-31-66(32-36-71,46-87-61(78)30-29-60(76)77)47-88-67(50-13-7-6-8-14-50,51-21-25-53(81-4)26-22-51)52-23-27-54(82-5)28-24-52;1-4-7(5-2)6-3/h6-8,13-14,17-28,55-56,62H,9-12,15-16,29-47H2,1-5H3,(H,68,73)(H,69,74)(H,70,80)(H,76,77);4-6H2,1-3H3/t55-,56-,62-;/m0./s1. The number of nitrogens with zero attached hydrogens (tertiary/aromatic N) is 2. The van der Waals surface area contributed by atoms with Crippen molar-refractivity contribution in [2.45, 2.75) is 134 Å². The van der Waals surface area contributed by atoms with Gasteiger partial charge in [-0.05, 0) is 130 Å². The normalized spacial score (nSPS) is 16.6. The molecule has 528 valence electrons. The number of benzene rings is 4. The maximum Gasteiger partial charge on any atom is 0.325 e. The Kier molecular flexibility index (Phi) is 32.9. The lowest BCUT2D eigenvalue weighted by Crippen LogP contribution is -3.11. The summed E-state index contributed by atoms with van der Waals surface area (Å²) >= 11 is 1.78. The number of esters is 1. The highest BCUT2D eigenvalue weighted by Crippen LogP contribution is 2.45. The molecule has 22 nitrogen and oxygen atoms in total. The SMILES string of the molecule is CC[NH+](CC)CC.COc1ccc(C(OCC2(COC(=O)CCC(=O)[O-])CCN(C(=O)COCC(=O)NCCCOCCOCCOCCCNC(=O)CCCC[C@@H]3SC[C@H]4[C@@H]3NC(=O)N4C(=O)c3ccc(C(C)(C)C)cc3)CC2)(c2ccccc2)c2ccc(OC)cc2)cc1. The highest BCUT2D eigenvalue weighted by Gasteiger charge is 2.50. The summed E-state index contributed by atoms with van der Waals surface area (Å²) in [6.07, 6.45) is 3.99. The molecule has 3 aliphatic rings. The third-order valence-corrected chi connectivity index (χ3v) is 19.3. The van der Waals surface area contributed by atoms with Crippen LogP contribution in [0.1, 0.15) is 138 Å². The zero-order valence-corrected chi connectivity index (χ0v) is 58.5. The molecular weight excluding hydrogens is 1250 g/mol. The van der Waals surface area contributed by atoms with Gasteiger partial charge in [0.1, 0.15) is 30.3 Å². The fourth-order valence-corrected chi connectivity index (χ4v) is 13.4. The van der Waals surface area contributed by atoms with E-state index in [0.29, 0.717) is 108 Å². The fraction of sp³-hybridized carbons (Fsp3) is 0.575. The van der Waals surface area contributed by atoms with Gasteiger partial charge in [0, 0.05) is 73.8 Å². The first-order valence-electron chi connectivity index (χ1n) is 34.0. The van der Waals surface area contributed by atoms with Crippen molar-refractivity contribution < 1.29 is 81.5 Å². The van der Waals surface area contributed by atoms with Gasteiger partial charge >= 0.3 is 12.0 Å². The second-order valence-electron chi connectivity index (χ2n) is 25.4. The van der Waals surface area contributed by atoms with Crippen molar-refractivity contribution in [1.29, 1.82) is 0 Å². The van der Waals surface area contributed by atoms with Crippen LogP contribution in [0.3, 0.4) is 0 Å². The van der Waals surface area contributed by atoms with Crippen molar-refractivity contribution in [2.24, 2.45) is 5.41 Å². The van der Waals surface area contributed by atoms with E-state index in [0.717, 1.165) is 41.5 Å². The molecule has 4 aromatic rings. The van der Waals surface area contributed by atoms with Gasteiger partial charge in [-0.2, -0.15) is 11.8 Å². The molecule has 3 saturated heterocycles. The van der Waals surface area contributed by atoms with Crippen LogP contribution in [0.5, 0.6) is 11.5 Å². The first-order valence-corrected chi connectivity index (χ1v) is 35.0. The molecule has 23 heteroatoms. The largest absolute Gasteiger partial charge is 0.550 e. The van der Waals surface area contributed by atoms with E-state index in [4.69, 9.17) is 37.9 Å². The molecule has 3 heterocycles. The minimum atomic E-state index is -1.36. The monoisotopic (exact) mass is 1350 g/mol. The van der Waals surface area contributed by atoms with E-state index in [9.17, 15) is 38.7 Å². The zero-order chi connectivity index (χ0) is 69.4. The number of hydrogen-bond donors (Lipinski definition) is 4. The number of aliphatic carboxylic acids is 1. The first-order chi connectivity index (χ1) is 46.3. The molecule has 0 spiro atoms. The molecule has 3 aliphatic heterocycles. The summed E-state index contributed by atoms with van der Waals surface area (Å²) in [6.45, 7) is 20.1. The molecule has 0 aliphatic carbocycles. The minimum Gasteiger partial charge on any atom is -0.550 e. The highest BCUT2D eigenvalue weighted by molar-refractivity contribution is 8.00. The Morgan fingerprint density at radius 3 is 1.71 bits per heavy atom. The van der Waals surface area contributed by atoms with Crippen LogP contribution in [0.25, 0.3) is 0 Å². The van der Waals surface area contributed by atoms with Crippen molar-refractivity contribution >= 4 is 53.4 Å². The van der Waals surface area contributed by atoms with Gasteiger partial charge in [0.15, 0.2) is 0 Å². The van der Waals surface area contributed by atoms with Gasteiger partial charge in [-0.3, -0.25) is 28.9 Å². The van der Waals surface area contributed by atoms with Crippen molar-refractivity contribution in [2.75, 3.05) is 132 Å². The number of carboxylic acid groups (broad SMARTS) is 1. The average Bonchev–Trinajstić information content (AvgIpc) is 0.885. The van der Waals surface area contributed by atoms with E-state index in [1.54, 1.807) is 47.9 Å². The number of methoxy groups -OCH3 is 2. The summed E-state index contributed by atoms with van der Waals surface area (Å²) in [5.41, 5.74) is 2.06. The van der Waals surface area contributed by atoms with Gasteiger partial charge in [0.05, 0.1) is 92.0 Å². The predicted molar refractivity (Wildman–Crippen MR) is 365 cm³/mol. The van der Waals surface area contributed by atoms with Crippen molar-refractivity contribution in [1.82, 2.24) is 25.8 Å². The number of carbonyl (C=O) groups excluding carboxylic acids is 7. The van der Waals surface area contributed by atoms with Crippen LogP contribution >= 0.6 is 11.8 Å². The number of amides is 6. The molecule has 3 atom stereocenters. The number of likely N-dealkylation sites (tertiary alicyclic amines) is 1. The van der Waals surface area contributed by atoms with Gasteiger partial charge in [-0.15, -0.1) is 0 Å². The summed E-state index contributed by atoms with van der Waals surface area (Å²) in [4.78, 5) is 93.6. The smallest absolute Gasteiger partial charge is 0.325 e. The number of carbonyl (C=O) groups is 7. The van der Waals surface area contributed by atoms with Crippen LogP contribution < -0.4 is 35.4 Å². The summed E-state index contributed by atoms with van der Waals surface area (Å²) in [5, 5.41) is 20.2. The van der Waals surface area contributed by atoms with E-state index >= 15 is 0 Å². The van der Waals surface area contributed by atoms with Crippen LogP contribution in [0.4, 0.5) is 4.79 Å². The Morgan fingerprint density at radius 1 is 0.635 bits per heavy atom. The number of ether oxygens (including phenoxy) is 8. The number of fused-ring (bicyclic) bond motifs is 1. The number of nitrogens with one attached hydrogen (secondary N) is 4. The number of hydrogen-bond acceptors (Lipinski definition) is 17. The predicted octanol–water partition coefficient (Wildman–Crippen LogP) is 6.28. The molecule has 0 saturated carbocycles. The Hall–Kier alpha value is -7.12. The number of rotatable bonds is 40. The highest BCUT2D eigenvalue weighted by atomic mass is 32.2. The van der Waals surface area contributed by atoms with Gasteiger partial charge in [0.25, 0.3) is 5.91 Å². The number of imide groups is 1. The van der Waals surface area contributed by atoms with Gasteiger partial charge in [-0.1, -0.05) is 93.9 Å². The molecule has 96 heavy (non-hydrogen) atoms. The van der Waals surface area contributed by atoms with Crippen LogP contribution in [-0.2, 0) is 63.4 Å². The maximum absolute atomic E-state index is 13.5. The number of piperidine rings is 1. The third kappa shape index (κ3) is 24.2. The van der Waals surface area contributed by atoms with E-state index in [2.05, 4.69) is 57.5 Å². The van der Waals surface area contributed by atoms with Crippen LogP contribution in [0.15, 0.2) is 103 Å². The Morgan fingerprint density at radius 2 is 1.18 bits per heavy atom. The molecule has 0 aromatic heterocycles. The van der Waals surface area contributed by atoms with Crippen molar-refractivity contribution in [3.8, 4) is 11.5 Å². The zero-order valence-electron chi connectivity index (χ0n) is 57.7. The Labute approximate surface area is 571 Å². The van der Waals surface area contributed by atoms with E-state index in [1.165, 1.54) is 24.5 Å². The lowest BCUT2D eigenvalue weighted by molar-refractivity contribution is -0.894. The molecular formula is C73H104N6O16S. The quantitative estimate of drug-likeness (QED) is 0.0165. The first kappa shape index (κ1) is 77.9. The Balaban J connectivity index is 0.00000197. The van der Waals surface area contributed by atoms with Gasteiger partial charge in [-0.25, -0.2) is 4.79 Å². The minimum absolute atomic E-state index is 0.00414. The lowest BCUT2D eigenvalue weighted by atomic mass is 9.77. The summed E-state index contributed by atoms with van der Waals surface area (Å²) in [7, 11) is 3.19. The van der Waals surface area contributed by atoms with Gasteiger partial charge < -0.3 is 73.5 Å². The summed E-state index contributed by atoms with van der Waals surface area (Å²) < 4.78 is 46.4. The molecule has 0 bridgehead atoms.